The average molecular weight is 267 g/mol. The van der Waals surface area contributed by atoms with Crippen molar-refractivity contribution in [2.24, 2.45) is 0 Å². The van der Waals surface area contributed by atoms with Crippen LogP contribution < -0.4 is 5.32 Å². The second-order valence-corrected chi connectivity index (χ2v) is 5.24. The van der Waals surface area contributed by atoms with Crippen LogP contribution in [0.15, 0.2) is 0 Å². The summed E-state index contributed by atoms with van der Waals surface area (Å²) in [6.07, 6.45) is 0.839. The van der Waals surface area contributed by atoms with Gasteiger partial charge >= 0.3 is 5.97 Å². The van der Waals surface area contributed by atoms with E-state index in [-0.39, 0.29) is 5.97 Å². The molecule has 1 aliphatic heterocycles. The van der Waals surface area contributed by atoms with Gasteiger partial charge in [-0.15, -0.1) is 0 Å². The highest BCUT2D eigenvalue weighted by Crippen LogP contribution is 2.18. The fraction of sp³-hybridized carbons (Fsp3) is 0.583. The van der Waals surface area contributed by atoms with Gasteiger partial charge < -0.3 is 10.1 Å². The van der Waals surface area contributed by atoms with Gasteiger partial charge in [0.1, 0.15) is 5.82 Å². The zero-order valence-electron chi connectivity index (χ0n) is 10.7. The van der Waals surface area contributed by atoms with Gasteiger partial charge in [-0.1, -0.05) is 6.92 Å². The Balaban J connectivity index is 2.37. The Morgan fingerprint density at radius 2 is 2.33 bits per heavy atom. The molecule has 0 unspecified atom stereocenters. The summed E-state index contributed by atoms with van der Waals surface area (Å²) in [6.45, 7) is 3.63. The van der Waals surface area contributed by atoms with Crippen LogP contribution in [0.5, 0.6) is 0 Å². The van der Waals surface area contributed by atoms with E-state index in [4.69, 9.17) is 4.74 Å². The molecule has 0 spiro atoms. The Morgan fingerprint density at radius 1 is 1.50 bits per heavy atom. The maximum Gasteiger partial charge on any atom is 0.357 e. The number of nitrogens with zero attached hydrogens (tertiary/aromatic N) is 2. The number of rotatable bonds is 4. The first kappa shape index (κ1) is 13.3. The second-order valence-electron chi connectivity index (χ2n) is 3.97. The van der Waals surface area contributed by atoms with Gasteiger partial charge in [-0.05, 0) is 5.75 Å². The summed E-state index contributed by atoms with van der Waals surface area (Å²) in [5, 5.41) is 3.23. The lowest BCUT2D eigenvalue weighted by Crippen LogP contribution is -2.28. The molecule has 0 bridgehead atoms. The van der Waals surface area contributed by atoms with Crippen LogP contribution in [0.3, 0.4) is 0 Å². The molecular formula is C12H17N3O2S. The maximum atomic E-state index is 11.8. The first-order valence-electron chi connectivity index (χ1n) is 6.01. The largest absolute Gasteiger partial charge is 0.464 e. The number of hydrogen-bond acceptors (Lipinski definition) is 6. The van der Waals surface area contributed by atoms with E-state index in [0.717, 1.165) is 41.6 Å². The number of methoxy groups -OCH3 is 1. The normalized spacial score (nSPS) is 14.1. The van der Waals surface area contributed by atoms with Gasteiger partial charge in [0.05, 0.1) is 18.6 Å². The summed E-state index contributed by atoms with van der Waals surface area (Å²) in [5.41, 5.74) is 2.29. The minimum absolute atomic E-state index is 0.375. The molecule has 0 saturated carbocycles. The van der Waals surface area contributed by atoms with Gasteiger partial charge in [0.15, 0.2) is 5.69 Å². The van der Waals surface area contributed by atoms with Crippen LogP contribution in [-0.2, 0) is 23.5 Å². The summed E-state index contributed by atoms with van der Waals surface area (Å²) in [5.74, 6) is 2.10. The molecule has 1 aromatic heterocycles. The SMILES string of the molecule is CCSCc1nc2c(c(C(=O)OC)n1)CNCC2. The van der Waals surface area contributed by atoms with Gasteiger partial charge in [0, 0.05) is 25.1 Å². The van der Waals surface area contributed by atoms with E-state index in [1.54, 1.807) is 11.8 Å². The number of aromatic nitrogens is 2. The fourth-order valence-corrected chi connectivity index (χ4v) is 2.43. The summed E-state index contributed by atoms with van der Waals surface area (Å²) in [7, 11) is 1.38. The van der Waals surface area contributed by atoms with E-state index < -0.39 is 0 Å². The van der Waals surface area contributed by atoms with Crippen LogP contribution in [0, 0.1) is 0 Å². The van der Waals surface area contributed by atoms with E-state index in [1.807, 2.05) is 0 Å². The highest BCUT2D eigenvalue weighted by molar-refractivity contribution is 7.98. The van der Waals surface area contributed by atoms with Crippen LogP contribution >= 0.6 is 11.8 Å². The monoisotopic (exact) mass is 267 g/mol. The number of carbonyl (C=O) groups is 1. The quantitative estimate of drug-likeness (QED) is 0.826. The third-order valence-electron chi connectivity index (χ3n) is 2.79. The highest BCUT2D eigenvalue weighted by Gasteiger charge is 2.22. The highest BCUT2D eigenvalue weighted by atomic mass is 32.2. The molecule has 0 atom stereocenters. The molecule has 0 aromatic carbocycles. The van der Waals surface area contributed by atoms with E-state index in [2.05, 4.69) is 22.2 Å². The van der Waals surface area contributed by atoms with Gasteiger partial charge in [-0.2, -0.15) is 11.8 Å². The molecule has 1 aromatic rings. The van der Waals surface area contributed by atoms with Crippen molar-refractivity contribution in [1.29, 1.82) is 0 Å². The van der Waals surface area contributed by atoms with Crippen LogP contribution in [0.25, 0.3) is 0 Å². The summed E-state index contributed by atoms with van der Waals surface area (Å²) >= 11 is 1.75. The average Bonchev–Trinajstić information content (AvgIpc) is 2.43. The van der Waals surface area contributed by atoms with Crippen molar-refractivity contribution in [3.05, 3.63) is 22.8 Å². The Kier molecular flexibility index (Phi) is 4.54. The molecule has 0 radical (unpaired) electrons. The Bertz CT molecular complexity index is 451. The molecule has 1 N–H and O–H groups in total. The van der Waals surface area contributed by atoms with Gasteiger partial charge in [0.25, 0.3) is 0 Å². The smallest absolute Gasteiger partial charge is 0.357 e. The van der Waals surface area contributed by atoms with Crippen molar-refractivity contribution in [3.63, 3.8) is 0 Å². The Labute approximate surface area is 111 Å². The maximum absolute atomic E-state index is 11.8. The van der Waals surface area contributed by atoms with E-state index in [0.29, 0.717) is 12.2 Å². The number of thioether (sulfide) groups is 1. The summed E-state index contributed by atoms with van der Waals surface area (Å²) in [4.78, 5) is 20.7. The lowest BCUT2D eigenvalue weighted by atomic mass is 10.1. The zero-order chi connectivity index (χ0) is 13.0. The van der Waals surface area contributed by atoms with Crippen LogP contribution in [0.4, 0.5) is 0 Å². The molecule has 98 valence electrons. The topological polar surface area (TPSA) is 64.1 Å². The molecule has 5 nitrogen and oxygen atoms in total. The lowest BCUT2D eigenvalue weighted by molar-refractivity contribution is 0.0591. The van der Waals surface area contributed by atoms with Crippen molar-refractivity contribution >= 4 is 17.7 Å². The second kappa shape index (κ2) is 6.15. The summed E-state index contributed by atoms with van der Waals surface area (Å²) < 4.78 is 4.80. The van der Waals surface area contributed by atoms with E-state index >= 15 is 0 Å². The number of ether oxygens (including phenoxy) is 1. The minimum atomic E-state index is -0.375. The van der Waals surface area contributed by atoms with Crippen LogP contribution in [-0.4, -0.2) is 35.3 Å². The third kappa shape index (κ3) is 2.81. The Morgan fingerprint density at radius 3 is 3.06 bits per heavy atom. The van der Waals surface area contributed by atoms with Gasteiger partial charge in [-0.3, -0.25) is 0 Å². The zero-order valence-corrected chi connectivity index (χ0v) is 11.5. The molecule has 6 heteroatoms. The third-order valence-corrected chi connectivity index (χ3v) is 3.66. The van der Waals surface area contributed by atoms with Crippen molar-refractivity contribution in [2.45, 2.75) is 25.6 Å². The molecule has 0 aliphatic carbocycles. The molecule has 1 aliphatic rings. The van der Waals surface area contributed by atoms with Crippen LogP contribution in [0.2, 0.25) is 0 Å². The van der Waals surface area contributed by atoms with E-state index in [1.165, 1.54) is 7.11 Å². The van der Waals surface area contributed by atoms with Gasteiger partial charge in [0.2, 0.25) is 0 Å². The standard InChI is InChI=1S/C12H17N3O2S/c1-3-18-7-10-14-9-4-5-13-6-8(9)11(15-10)12(16)17-2/h13H,3-7H2,1-2H3. The minimum Gasteiger partial charge on any atom is -0.464 e. The molecule has 2 heterocycles. The first-order valence-corrected chi connectivity index (χ1v) is 7.17. The van der Waals surface area contributed by atoms with Crippen molar-refractivity contribution in [3.8, 4) is 0 Å². The molecule has 18 heavy (non-hydrogen) atoms. The van der Waals surface area contributed by atoms with Crippen molar-refractivity contribution < 1.29 is 9.53 Å². The first-order chi connectivity index (χ1) is 8.76. The van der Waals surface area contributed by atoms with Crippen LogP contribution in [0.1, 0.15) is 34.5 Å². The number of esters is 1. The Hall–Kier alpha value is -1.14. The summed E-state index contributed by atoms with van der Waals surface area (Å²) in [6, 6.07) is 0. The number of nitrogens with one attached hydrogen (secondary N) is 1. The predicted molar refractivity (Wildman–Crippen MR) is 70.6 cm³/mol. The van der Waals surface area contributed by atoms with Gasteiger partial charge in [-0.25, -0.2) is 14.8 Å². The molecule has 0 fully saturated rings. The predicted octanol–water partition coefficient (Wildman–Crippen LogP) is 1.16. The molecular weight excluding hydrogens is 250 g/mol. The number of carbonyl (C=O) groups excluding carboxylic acids is 1. The van der Waals surface area contributed by atoms with Crippen molar-refractivity contribution in [1.82, 2.24) is 15.3 Å². The molecule has 2 rings (SSSR count). The van der Waals surface area contributed by atoms with E-state index in [9.17, 15) is 4.79 Å². The molecule has 0 saturated heterocycles. The lowest BCUT2D eigenvalue weighted by Gasteiger charge is -2.19. The number of fused-ring (bicyclic) bond motifs is 1. The number of hydrogen-bond donors (Lipinski definition) is 1. The van der Waals surface area contributed by atoms with Crippen molar-refractivity contribution in [2.75, 3.05) is 19.4 Å². The fourth-order valence-electron chi connectivity index (χ4n) is 1.92. The molecule has 0 amide bonds.